The monoisotopic (exact) mass is 525 g/mol. The first-order valence-corrected chi connectivity index (χ1v) is 13.5. The van der Waals surface area contributed by atoms with Gasteiger partial charge in [-0.25, -0.2) is 14.0 Å². The van der Waals surface area contributed by atoms with E-state index in [9.17, 15) is 14.0 Å². The summed E-state index contributed by atoms with van der Waals surface area (Å²) in [4.78, 5) is 30.0. The molecule has 206 valence electrons. The zero-order chi connectivity index (χ0) is 27.4. The molecule has 3 amide bonds. The molecule has 1 saturated carbocycles. The van der Waals surface area contributed by atoms with Crippen molar-refractivity contribution in [1.82, 2.24) is 15.1 Å². The molecule has 8 heteroatoms. The summed E-state index contributed by atoms with van der Waals surface area (Å²) in [6, 6.07) is 13.8. The van der Waals surface area contributed by atoms with Gasteiger partial charge in [-0.3, -0.25) is 0 Å². The summed E-state index contributed by atoms with van der Waals surface area (Å²) in [6.07, 6.45) is 1.61. The number of hydrogen-bond acceptors (Lipinski definition) is 4. The van der Waals surface area contributed by atoms with Crippen LogP contribution in [0.3, 0.4) is 0 Å². The van der Waals surface area contributed by atoms with Crippen molar-refractivity contribution in [3.8, 4) is 5.75 Å². The number of ether oxygens (including phenoxy) is 2. The number of nitrogens with zero attached hydrogens (tertiary/aromatic N) is 2. The molecule has 1 heterocycles. The van der Waals surface area contributed by atoms with Crippen molar-refractivity contribution in [1.29, 1.82) is 0 Å². The van der Waals surface area contributed by atoms with Gasteiger partial charge in [0.25, 0.3) is 0 Å². The van der Waals surface area contributed by atoms with Crippen molar-refractivity contribution in [2.45, 2.75) is 78.3 Å². The van der Waals surface area contributed by atoms with Crippen molar-refractivity contribution >= 4 is 12.1 Å². The van der Waals surface area contributed by atoms with E-state index in [0.29, 0.717) is 32.1 Å². The third kappa shape index (κ3) is 7.17. The van der Waals surface area contributed by atoms with Crippen LogP contribution in [0.4, 0.5) is 14.0 Å². The first kappa shape index (κ1) is 27.7. The maximum Gasteiger partial charge on any atom is 0.410 e. The first-order valence-electron chi connectivity index (χ1n) is 13.5. The van der Waals surface area contributed by atoms with Gasteiger partial charge in [0.2, 0.25) is 0 Å². The lowest BCUT2D eigenvalue weighted by atomic mass is 9.96. The summed E-state index contributed by atoms with van der Waals surface area (Å²) in [5.74, 6) is 0.978. The molecular weight excluding hydrogens is 485 g/mol. The summed E-state index contributed by atoms with van der Waals surface area (Å²) in [5, 5.41) is 3.08. The molecule has 7 nitrogen and oxygen atoms in total. The van der Waals surface area contributed by atoms with Gasteiger partial charge in [-0.1, -0.05) is 24.3 Å². The van der Waals surface area contributed by atoms with Gasteiger partial charge in [-0.15, -0.1) is 0 Å². The highest BCUT2D eigenvalue weighted by Crippen LogP contribution is 2.41. The molecule has 0 aromatic heterocycles. The Balaban J connectivity index is 1.46. The second kappa shape index (κ2) is 11.6. The Morgan fingerprint density at radius 2 is 1.68 bits per heavy atom. The number of benzene rings is 2. The lowest BCUT2D eigenvalue weighted by Gasteiger charge is -2.33. The van der Waals surface area contributed by atoms with Crippen LogP contribution in [0.25, 0.3) is 0 Å². The predicted octanol–water partition coefficient (Wildman–Crippen LogP) is 5.97. The molecule has 2 aromatic carbocycles. The molecule has 1 saturated heterocycles. The maximum atomic E-state index is 13.6. The maximum absolute atomic E-state index is 13.6. The van der Waals surface area contributed by atoms with Crippen LogP contribution in [-0.4, -0.2) is 52.8 Å². The lowest BCUT2D eigenvalue weighted by molar-refractivity contribution is 0.0273. The van der Waals surface area contributed by atoms with Gasteiger partial charge in [0.1, 0.15) is 17.2 Å². The predicted molar refractivity (Wildman–Crippen MR) is 144 cm³/mol. The van der Waals surface area contributed by atoms with Crippen LogP contribution in [0.2, 0.25) is 0 Å². The molecule has 0 bridgehead atoms. The van der Waals surface area contributed by atoms with Crippen LogP contribution in [-0.2, 0) is 17.8 Å². The molecule has 2 fully saturated rings. The molecule has 38 heavy (non-hydrogen) atoms. The summed E-state index contributed by atoms with van der Waals surface area (Å²) < 4.78 is 24.9. The van der Waals surface area contributed by atoms with Crippen molar-refractivity contribution in [3.05, 3.63) is 65.5 Å². The van der Waals surface area contributed by atoms with Crippen LogP contribution in [0.15, 0.2) is 48.5 Å². The fourth-order valence-corrected chi connectivity index (χ4v) is 5.46. The number of carbonyl (C=O) groups excluding carboxylic acids is 2. The van der Waals surface area contributed by atoms with Crippen molar-refractivity contribution in [2.24, 2.45) is 11.8 Å². The minimum atomic E-state index is -0.554. The minimum absolute atomic E-state index is 0.0284. The van der Waals surface area contributed by atoms with Gasteiger partial charge < -0.3 is 24.6 Å². The number of amides is 3. The zero-order valence-corrected chi connectivity index (χ0v) is 23.1. The number of urea groups is 1. The van der Waals surface area contributed by atoms with Gasteiger partial charge in [0.05, 0.1) is 6.10 Å². The molecule has 0 radical (unpaired) electrons. The number of nitrogens with one attached hydrogen (secondary N) is 1. The Labute approximate surface area is 225 Å². The highest BCUT2D eigenvalue weighted by atomic mass is 19.1. The molecule has 1 N–H and O–H groups in total. The number of likely N-dealkylation sites (tertiary alicyclic amines) is 1. The zero-order valence-electron chi connectivity index (χ0n) is 23.1. The Morgan fingerprint density at radius 1 is 1.03 bits per heavy atom. The van der Waals surface area contributed by atoms with E-state index < -0.39 is 5.60 Å². The highest BCUT2D eigenvalue weighted by Gasteiger charge is 2.47. The second-order valence-corrected chi connectivity index (χ2v) is 11.7. The fourth-order valence-electron chi connectivity index (χ4n) is 5.46. The highest BCUT2D eigenvalue weighted by molar-refractivity contribution is 5.75. The topological polar surface area (TPSA) is 71.1 Å². The second-order valence-electron chi connectivity index (χ2n) is 11.7. The van der Waals surface area contributed by atoms with Gasteiger partial charge in [-0.05, 0) is 88.8 Å². The van der Waals surface area contributed by atoms with E-state index >= 15 is 0 Å². The molecular formula is C30H40FN3O4. The molecule has 4 rings (SSSR count). The van der Waals surface area contributed by atoms with E-state index in [2.05, 4.69) is 5.32 Å². The third-order valence-corrected chi connectivity index (χ3v) is 7.14. The van der Waals surface area contributed by atoms with Crippen molar-refractivity contribution in [2.75, 3.05) is 13.1 Å². The molecule has 3 atom stereocenters. The normalized spacial score (nSPS) is 20.8. The standard InChI is InChI=1S/C30H40FN3O4/c1-20(2)37-25-13-8-21(9-14-25)16-32-28(35)34(17-22-6-11-24(31)12-7-22)27-15-10-23-18-33(19-26(23)27)29(36)38-30(3,4)5/h6-9,11-14,20,23,26-27H,10,15-19H2,1-5H3,(H,32,35). The Hall–Kier alpha value is -3.29. The van der Waals surface area contributed by atoms with E-state index in [1.165, 1.54) is 12.1 Å². The number of rotatable bonds is 7. The molecule has 0 spiro atoms. The largest absolute Gasteiger partial charge is 0.491 e. The average molecular weight is 526 g/mol. The van der Waals surface area contributed by atoms with Gasteiger partial charge in [-0.2, -0.15) is 0 Å². The van der Waals surface area contributed by atoms with Gasteiger partial charge >= 0.3 is 12.1 Å². The Morgan fingerprint density at radius 3 is 2.32 bits per heavy atom. The number of hydrogen-bond donors (Lipinski definition) is 1. The first-order chi connectivity index (χ1) is 18.0. The number of carbonyl (C=O) groups is 2. The van der Waals surface area contributed by atoms with E-state index in [0.717, 1.165) is 29.7 Å². The average Bonchev–Trinajstić information content (AvgIpc) is 3.43. The van der Waals surface area contributed by atoms with Gasteiger partial charge in [0, 0.05) is 38.1 Å². The van der Waals surface area contributed by atoms with E-state index in [1.54, 1.807) is 17.0 Å². The molecule has 2 aromatic rings. The van der Waals surface area contributed by atoms with E-state index in [4.69, 9.17) is 9.47 Å². The summed E-state index contributed by atoms with van der Waals surface area (Å²) in [7, 11) is 0. The van der Waals surface area contributed by atoms with Crippen LogP contribution in [0.1, 0.15) is 58.6 Å². The third-order valence-electron chi connectivity index (χ3n) is 7.14. The summed E-state index contributed by atoms with van der Waals surface area (Å²) in [5.41, 5.74) is 1.28. The number of fused-ring (bicyclic) bond motifs is 1. The minimum Gasteiger partial charge on any atom is -0.491 e. The van der Waals surface area contributed by atoms with E-state index in [1.807, 2.05) is 63.8 Å². The lowest BCUT2D eigenvalue weighted by Crippen LogP contribution is -2.48. The van der Waals surface area contributed by atoms with Gasteiger partial charge in [0.15, 0.2) is 0 Å². The SMILES string of the molecule is CC(C)Oc1ccc(CNC(=O)N(Cc2ccc(F)cc2)C2CCC3CN(C(=O)OC(C)(C)C)CC32)cc1. The summed E-state index contributed by atoms with van der Waals surface area (Å²) in [6.45, 7) is 11.5. The summed E-state index contributed by atoms with van der Waals surface area (Å²) >= 11 is 0. The van der Waals surface area contributed by atoms with Crippen LogP contribution >= 0.6 is 0 Å². The Kier molecular flexibility index (Phi) is 8.48. The van der Waals surface area contributed by atoms with Crippen molar-refractivity contribution in [3.63, 3.8) is 0 Å². The smallest absolute Gasteiger partial charge is 0.410 e. The number of halogens is 1. The van der Waals surface area contributed by atoms with Crippen LogP contribution < -0.4 is 10.1 Å². The molecule has 1 aliphatic heterocycles. The molecule has 1 aliphatic carbocycles. The van der Waals surface area contributed by atoms with Crippen LogP contribution in [0, 0.1) is 17.7 Å². The van der Waals surface area contributed by atoms with Crippen molar-refractivity contribution < 1.29 is 23.5 Å². The fraction of sp³-hybridized carbons (Fsp3) is 0.533. The Bertz CT molecular complexity index is 1100. The van der Waals surface area contributed by atoms with Crippen LogP contribution in [0.5, 0.6) is 5.75 Å². The molecule has 2 aliphatic rings. The molecule has 3 unspecified atom stereocenters. The quantitative estimate of drug-likeness (QED) is 0.484. The van der Waals surface area contributed by atoms with E-state index in [-0.39, 0.29) is 36.0 Å².